The SMILES string of the molecule is O=C(CCCC1CCCCC1)N1CCC(O)(C(F)(F)F)C1. The van der Waals surface area contributed by atoms with Crippen LogP contribution >= 0.6 is 0 Å². The van der Waals surface area contributed by atoms with Gasteiger partial charge in [0.05, 0.1) is 6.54 Å². The lowest BCUT2D eigenvalue weighted by Crippen LogP contribution is -2.48. The van der Waals surface area contributed by atoms with Gasteiger partial charge in [0, 0.05) is 19.4 Å². The molecule has 2 aliphatic rings. The number of amides is 1. The third-order valence-corrected chi connectivity index (χ3v) is 4.86. The predicted octanol–water partition coefficient (Wildman–Crippen LogP) is 3.26. The van der Waals surface area contributed by atoms with E-state index in [0.29, 0.717) is 12.3 Å². The van der Waals surface area contributed by atoms with Gasteiger partial charge in [0.25, 0.3) is 0 Å². The minimum absolute atomic E-state index is 0.00171. The summed E-state index contributed by atoms with van der Waals surface area (Å²) in [6, 6.07) is 0. The van der Waals surface area contributed by atoms with Crippen molar-refractivity contribution in [1.29, 1.82) is 0 Å². The number of carbonyl (C=O) groups is 1. The van der Waals surface area contributed by atoms with Gasteiger partial charge in [-0.3, -0.25) is 4.79 Å². The van der Waals surface area contributed by atoms with Crippen LogP contribution in [-0.4, -0.2) is 40.8 Å². The second-order valence-electron chi connectivity index (χ2n) is 6.49. The lowest BCUT2D eigenvalue weighted by atomic mass is 9.86. The van der Waals surface area contributed by atoms with Crippen molar-refractivity contribution in [3.8, 4) is 0 Å². The van der Waals surface area contributed by atoms with Gasteiger partial charge in [0.15, 0.2) is 5.60 Å². The van der Waals surface area contributed by atoms with Crippen molar-refractivity contribution in [3.05, 3.63) is 0 Å². The molecule has 3 nitrogen and oxygen atoms in total. The topological polar surface area (TPSA) is 40.5 Å². The summed E-state index contributed by atoms with van der Waals surface area (Å²) >= 11 is 0. The van der Waals surface area contributed by atoms with Gasteiger partial charge in [0.2, 0.25) is 5.91 Å². The first kappa shape index (κ1) is 16.6. The lowest BCUT2D eigenvalue weighted by molar-refractivity contribution is -0.253. The zero-order valence-electron chi connectivity index (χ0n) is 12.3. The van der Waals surface area contributed by atoms with E-state index in [1.54, 1.807) is 0 Å². The fourth-order valence-electron chi connectivity index (χ4n) is 3.41. The number of likely N-dealkylation sites (tertiary alicyclic amines) is 1. The summed E-state index contributed by atoms with van der Waals surface area (Å²) in [5, 5.41) is 9.56. The molecule has 1 aliphatic heterocycles. The van der Waals surface area contributed by atoms with Gasteiger partial charge in [-0.2, -0.15) is 13.2 Å². The number of aliphatic hydroxyl groups is 1. The number of β-amino-alcohol motifs (C(OH)–C–C–N with tert-alkyl or cyclic N) is 1. The first-order chi connectivity index (χ1) is 9.82. The smallest absolute Gasteiger partial charge is 0.379 e. The van der Waals surface area contributed by atoms with Crippen LogP contribution in [0.4, 0.5) is 13.2 Å². The summed E-state index contributed by atoms with van der Waals surface area (Å²) in [4.78, 5) is 13.1. The summed E-state index contributed by atoms with van der Waals surface area (Å²) in [7, 11) is 0. The van der Waals surface area contributed by atoms with Gasteiger partial charge in [0.1, 0.15) is 0 Å². The van der Waals surface area contributed by atoms with E-state index in [2.05, 4.69) is 0 Å². The van der Waals surface area contributed by atoms with E-state index in [9.17, 15) is 23.1 Å². The minimum atomic E-state index is -4.66. The first-order valence-corrected chi connectivity index (χ1v) is 7.89. The normalized spacial score (nSPS) is 28.1. The Hall–Kier alpha value is -0.780. The Labute approximate surface area is 123 Å². The van der Waals surface area contributed by atoms with Crippen LogP contribution in [0.2, 0.25) is 0 Å². The molecule has 1 amide bonds. The summed E-state index contributed by atoms with van der Waals surface area (Å²) in [6.45, 7) is -0.614. The standard InChI is InChI=1S/C15H24F3NO2/c16-15(17,18)14(21)9-10-19(11-14)13(20)8-4-7-12-5-2-1-3-6-12/h12,21H,1-11H2. The monoisotopic (exact) mass is 307 g/mol. The van der Waals surface area contributed by atoms with Crippen LogP contribution in [0.15, 0.2) is 0 Å². The minimum Gasteiger partial charge on any atom is -0.379 e. The number of carbonyl (C=O) groups excluding carboxylic acids is 1. The highest BCUT2D eigenvalue weighted by Crippen LogP contribution is 2.38. The molecular weight excluding hydrogens is 283 g/mol. The number of hydrogen-bond donors (Lipinski definition) is 1. The second kappa shape index (κ2) is 6.55. The highest BCUT2D eigenvalue weighted by Gasteiger charge is 2.57. The van der Waals surface area contributed by atoms with E-state index in [0.717, 1.165) is 17.7 Å². The van der Waals surface area contributed by atoms with Gasteiger partial charge in [-0.05, 0) is 18.8 Å². The molecule has 1 atom stereocenters. The Morgan fingerprint density at radius 1 is 1.24 bits per heavy atom. The Morgan fingerprint density at radius 3 is 2.48 bits per heavy atom. The van der Waals surface area contributed by atoms with Crippen LogP contribution < -0.4 is 0 Å². The molecule has 1 N–H and O–H groups in total. The number of nitrogens with zero attached hydrogens (tertiary/aromatic N) is 1. The summed E-state index contributed by atoms with van der Waals surface area (Å²) in [6.07, 6.45) is 3.18. The lowest BCUT2D eigenvalue weighted by Gasteiger charge is -2.26. The number of alkyl halides is 3. The average Bonchev–Trinajstić information content (AvgIpc) is 2.84. The maximum atomic E-state index is 12.7. The van der Waals surface area contributed by atoms with Crippen molar-refractivity contribution in [2.45, 2.75) is 69.6 Å². The Balaban J connectivity index is 1.72. The van der Waals surface area contributed by atoms with Crippen molar-refractivity contribution in [1.82, 2.24) is 4.90 Å². The summed E-state index contributed by atoms with van der Waals surface area (Å²) in [5.74, 6) is 0.420. The van der Waals surface area contributed by atoms with Crippen molar-refractivity contribution < 1.29 is 23.1 Å². The van der Waals surface area contributed by atoms with Crippen LogP contribution in [0, 0.1) is 5.92 Å². The molecule has 0 radical (unpaired) electrons. The number of rotatable bonds is 4. The van der Waals surface area contributed by atoms with E-state index in [1.165, 1.54) is 32.1 Å². The molecule has 2 rings (SSSR count). The molecule has 1 saturated carbocycles. The molecular formula is C15H24F3NO2. The largest absolute Gasteiger partial charge is 0.419 e. The number of hydrogen-bond acceptors (Lipinski definition) is 2. The highest BCUT2D eigenvalue weighted by molar-refractivity contribution is 5.76. The zero-order valence-corrected chi connectivity index (χ0v) is 12.3. The number of halogens is 3. The average molecular weight is 307 g/mol. The molecule has 2 fully saturated rings. The Bertz CT molecular complexity index is 366. The third kappa shape index (κ3) is 4.11. The van der Waals surface area contributed by atoms with Gasteiger partial charge in [-0.1, -0.05) is 32.1 Å². The van der Waals surface area contributed by atoms with Gasteiger partial charge < -0.3 is 10.0 Å². The quantitative estimate of drug-likeness (QED) is 0.866. The summed E-state index contributed by atoms with van der Waals surface area (Å²) < 4.78 is 38.1. The molecule has 0 bridgehead atoms. The molecule has 1 aliphatic carbocycles. The van der Waals surface area contributed by atoms with Crippen LogP contribution in [0.1, 0.15) is 57.8 Å². The maximum Gasteiger partial charge on any atom is 0.419 e. The third-order valence-electron chi connectivity index (χ3n) is 4.86. The van der Waals surface area contributed by atoms with Crippen LogP contribution in [0.5, 0.6) is 0 Å². The van der Waals surface area contributed by atoms with Crippen molar-refractivity contribution in [2.75, 3.05) is 13.1 Å². The van der Waals surface area contributed by atoms with Crippen molar-refractivity contribution in [3.63, 3.8) is 0 Å². The zero-order chi connectivity index (χ0) is 15.5. The van der Waals surface area contributed by atoms with E-state index < -0.39 is 24.7 Å². The molecule has 21 heavy (non-hydrogen) atoms. The molecule has 0 aromatic carbocycles. The van der Waals surface area contributed by atoms with E-state index >= 15 is 0 Å². The van der Waals surface area contributed by atoms with Gasteiger partial charge in [-0.15, -0.1) is 0 Å². The first-order valence-electron chi connectivity index (χ1n) is 7.89. The van der Waals surface area contributed by atoms with Crippen LogP contribution in [0.25, 0.3) is 0 Å². The molecule has 1 saturated heterocycles. The van der Waals surface area contributed by atoms with E-state index in [4.69, 9.17) is 0 Å². The van der Waals surface area contributed by atoms with E-state index in [1.807, 2.05) is 0 Å². The molecule has 0 spiro atoms. The molecule has 1 heterocycles. The maximum absolute atomic E-state index is 12.7. The molecule has 1 unspecified atom stereocenters. The fraction of sp³-hybridized carbons (Fsp3) is 0.933. The summed E-state index contributed by atoms with van der Waals surface area (Å²) in [5.41, 5.74) is -2.72. The predicted molar refractivity (Wildman–Crippen MR) is 72.6 cm³/mol. The van der Waals surface area contributed by atoms with Gasteiger partial charge in [-0.25, -0.2) is 0 Å². The molecule has 0 aromatic heterocycles. The van der Waals surface area contributed by atoms with E-state index in [-0.39, 0.29) is 12.5 Å². The molecule has 0 aromatic rings. The molecule has 6 heteroatoms. The fourth-order valence-corrected chi connectivity index (χ4v) is 3.41. The highest BCUT2D eigenvalue weighted by atomic mass is 19.4. The Kier molecular flexibility index (Phi) is 5.17. The van der Waals surface area contributed by atoms with Crippen molar-refractivity contribution >= 4 is 5.91 Å². The molecule has 122 valence electrons. The Morgan fingerprint density at radius 2 is 1.90 bits per heavy atom. The van der Waals surface area contributed by atoms with Crippen LogP contribution in [0.3, 0.4) is 0 Å². The van der Waals surface area contributed by atoms with Crippen molar-refractivity contribution in [2.24, 2.45) is 5.92 Å². The van der Waals surface area contributed by atoms with Gasteiger partial charge >= 0.3 is 6.18 Å². The second-order valence-corrected chi connectivity index (χ2v) is 6.49. The van der Waals surface area contributed by atoms with Crippen LogP contribution in [-0.2, 0) is 4.79 Å².